The van der Waals surface area contributed by atoms with Crippen LogP contribution >= 0.6 is 0 Å². The second kappa shape index (κ2) is 12.4. The molecule has 0 aliphatic carbocycles. The predicted molar refractivity (Wildman–Crippen MR) is 114 cm³/mol. The number of benzene rings is 2. The highest BCUT2D eigenvalue weighted by atomic mass is 16.5. The molecule has 2 aromatic rings. The maximum Gasteiger partial charge on any atom is 0.414 e. The minimum Gasteiger partial charge on any atom is -0.450 e. The number of likely N-dealkylation sites (N-methyl/N-ethyl adjacent to an activating group) is 1. The highest BCUT2D eigenvalue weighted by molar-refractivity contribution is 5.92. The van der Waals surface area contributed by atoms with E-state index >= 15 is 0 Å². The van der Waals surface area contributed by atoms with Crippen LogP contribution in [0.5, 0.6) is 0 Å². The van der Waals surface area contributed by atoms with E-state index in [1.807, 2.05) is 67.6 Å². The van der Waals surface area contributed by atoms with Gasteiger partial charge in [-0.3, -0.25) is 14.9 Å². The first kappa shape index (κ1) is 23.1. The fourth-order valence-corrected chi connectivity index (χ4v) is 3.12. The molecule has 3 amide bonds. The third kappa shape index (κ3) is 8.05. The van der Waals surface area contributed by atoms with Crippen LogP contribution in [-0.4, -0.2) is 44.1 Å². The van der Waals surface area contributed by atoms with Crippen molar-refractivity contribution in [3.8, 4) is 0 Å². The van der Waals surface area contributed by atoms with E-state index in [1.165, 1.54) is 0 Å². The number of hydrogen-bond acceptors (Lipinski definition) is 4. The molecule has 0 heterocycles. The second-order valence-electron chi connectivity index (χ2n) is 6.95. The highest BCUT2D eigenvalue weighted by Gasteiger charge is 2.21. The smallest absolute Gasteiger partial charge is 0.414 e. The van der Waals surface area contributed by atoms with Crippen molar-refractivity contribution in [3.05, 3.63) is 71.8 Å². The van der Waals surface area contributed by atoms with Gasteiger partial charge in [-0.15, -0.1) is 0 Å². The van der Waals surface area contributed by atoms with Crippen LogP contribution in [0, 0.1) is 0 Å². The van der Waals surface area contributed by atoms with E-state index in [1.54, 1.807) is 6.92 Å². The van der Waals surface area contributed by atoms with Crippen molar-refractivity contribution in [1.82, 2.24) is 10.6 Å². The summed E-state index contributed by atoms with van der Waals surface area (Å²) in [5, 5.41) is 5.26. The lowest BCUT2D eigenvalue weighted by molar-refractivity contribution is -0.881. The van der Waals surface area contributed by atoms with Gasteiger partial charge in [-0.25, -0.2) is 4.79 Å². The third-order valence-electron chi connectivity index (χ3n) is 4.66. The van der Waals surface area contributed by atoms with Crippen LogP contribution < -0.4 is 15.5 Å². The fourth-order valence-electron chi connectivity index (χ4n) is 3.12. The number of imide groups is 1. The van der Waals surface area contributed by atoms with E-state index in [-0.39, 0.29) is 31.6 Å². The van der Waals surface area contributed by atoms with Gasteiger partial charge in [0, 0.05) is 0 Å². The van der Waals surface area contributed by atoms with Gasteiger partial charge < -0.3 is 15.0 Å². The number of nitrogens with one attached hydrogen (secondary N) is 3. The molecule has 0 aromatic heterocycles. The van der Waals surface area contributed by atoms with Gasteiger partial charge in [-0.2, -0.15) is 0 Å². The summed E-state index contributed by atoms with van der Waals surface area (Å²) in [6, 6.07) is 19.6. The van der Waals surface area contributed by atoms with Crippen molar-refractivity contribution in [2.75, 3.05) is 26.2 Å². The quantitative estimate of drug-likeness (QED) is 0.548. The summed E-state index contributed by atoms with van der Waals surface area (Å²) in [7, 11) is 0. The Kier molecular flexibility index (Phi) is 9.54. The first-order valence-electron chi connectivity index (χ1n) is 10.2. The van der Waals surface area contributed by atoms with Crippen molar-refractivity contribution in [1.29, 1.82) is 0 Å². The topological polar surface area (TPSA) is 88.9 Å². The van der Waals surface area contributed by atoms with Crippen LogP contribution in [0.1, 0.15) is 31.0 Å². The zero-order chi connectivity index (χ0) is 21.8. The third-order valence-corrected chi connectivity index (χ3v) is 4.66. The van der Waals surface area contributed by atoms with Crippen LogP contribution in [0.25, 0.3) is 0 Å². The summed E-state index contributed by atoms with van der Waals surface area (Å²) >= 11 is 0. The van der Waals surface area contributed by atoms with Gasteiger partial charge in [0.05, 0.1) is 19.2 Å². The van der Waals surface area contributed by atoms with Crippen LogP contribution in [0.3, 0.4) is 0 Å². The van der Waals surface area contributed by atoms with E-state index in [4.69, 9.17) is 4.74 Å². The Hall–Kier alpha value is -3.19. The summed E-state index contributed by atoms with van der Waals surface area (Å²) in [5.41, 5.74) is 2.15. The van der Waals surface area contributed by atoms with Gasteiger partial charge in [-0.05, 0) is 31.4 Å². The van der Waals surface area contributed by atoms with E-state index < -0.39 is 12.0 Å². The Labute approximate surface area is 177 Å². The number of ether oxygens (including phenoxy) is 1. The van der Waals surface area contributed by atoms with E-state index in [0.29, 0.717) is 13.0 Å². The van der Waals surface area contributed by atoms with Crippen LogP contribution in [-0.2, 0) is 20.7 Å². The molecule has 2 rings (SSSR count). The van der Waals surface area contributed by atoms with Crippen LogP contribution in [0.15, 0.2) is 60.7 Å². The lowest BCUT2D eigenvalue weighted by atomic mass is 9.99. The van der Waals surface area contributed by atoms with Crippen LogP contribution in [0.2, 0.25) is 0 Å². The molecule has 30 heavy (non-hydrogen) atoms. The van der Waals surface area contributed by atoms with Gasteiger partial charge in [0.1, 0.15) is 0 Å². The van der Waals surface area contributed by atoms with Crippen molar-refractivity contribution in [2.24, 2.45) is 0 Å². The van der Waals surface area contributed by atoms with Crippen molar-refractivity contribution in [3.63, 3.8) is 0 Å². The number of alkyl carbamates (subject to hydrolysis) is 1. The van der Waals surface area contributed by atoms with E-state index in [0.717, 1.165) is 16.0 Å². The van der Waals surface area contributed by atoms with Crippen molar-refractivity contribution in [2.45, 2.75) is 26.3 Å². The molecule has 3 N–H and O–H groups in total. The Balaban J connectivity index is 1.98. The van der Waals surface area contributed by atoms with Crippen molar-refractivity contribution >= 4 is 17.9 Å². The molecule has 0 aliphatic rings. The zero-order valence-corrected chi connectivity index (χ0v) is 17.5. The molecule has 0 saturated carbocycles. The molecule has 2 atom stereocenters. The molecular weight excluding hydrogens is 382 g/mol. The first-order chi connectivity index (χ1) is 14.5. The maximum absolute atomic E-state index is 12.7. The number of hydrogen-bond donors (Lipinski definition) is 3. The summed E-state index contributed by atoms with van der Waals surface area (Å²) in [6.45, 7) is 4.45. The van der Waals surface area contributed by atoms with Gasteiger partial charge >= 0.3 is 6.09 Å². The zero-order valence-electron chi connectivity index (χ0n) is 17.5. The average Bonchev–Trinajstić information content (AvgIpc) is 2.74. The largest absolute Gasteiger partial charge is 0.450 e. The number of rotatable bonds is 10. The van der Waals surface area contributed by atoms with Gasteiger partial charge in [-0.1, -0.05) is 60.7 Å². The minimum atomic E-state index is -0.769. The number of carbonyl (C=O) groups excluding carboxylic acids is 3. The molecule has 0 saturated heterocycles. The monoisotopic (exact) mass is 412 g/mol. The highest BCUT2D eigenvalue weighted by Crippen LogP contribution is 2.18. The fraction of sp³-hybridized carbons (Fsp3) is 0.348. The molecule has 1 unspecified atom stereocenters. The van der Waals surface area contributed by atoms with E-state index in [2.05, 4.69) is 10.6 Å². The molecule has 7 heteroatoms. The van der Waals surface area contributed by atoms with Crippen LogP contribution in [0.4, 0.5) is 4.79 Å². The van der Waals surface area contributed by atoms with E-state index in [9.17, 15) is 14.4 Å². The standard InChI is InChI=1S/C23H29N3O4/c1-3-26(17-22(28)25-23(29)30-4-2)16-21(27)24-20(19-13-9-6-10-14-19)15-18-11-7-5-8-12-18/h5-14,20H,3-4,15-17H2,1-2H3,(H,24,27)(H,25,28,29)/p+1/t20-/m0/s1. The first-order valence-corrected chi connectivity index (χ1v) is 10.2. The molecule has 0 aliphatic heterocycles. The molecule has 0 radical (unpaired) electrons. The predicted octanol–water partition coefficient (Wildman–Crippen LogP) is 1.26. The number of carbonyl (C=O) groups is 3. The Morgan fingerprint density at radius 3 is 2.10 bits per heavy atom. The molecule has 160 valence electrons. The summed E-state index contributed by atoms with van der Waals surface area (Å²) in [5.74, 6) is -0.623. The Bertz CT molecular complexity index is 812. The molecule has 2 aromatic carbocycles. The van der Waals surface area contributed by atoms with Crippen molar-refractivity contribution < 1.29 is 24.0 Å². The lowest BCUT2D eigenvalue weighted by Crippen LogP contribution is -3.14. The summed E-state index contributed by atoms with van der Waals surface area (Å²) in [6.07, 6.45) is -0.101. The molecule has 0 spiro atoms. The number of amides is 3. The van der Waals surface area contributed by atoms with Gasteiger partial charge in [0.2, 0.25) is 0 Å². The summed E-state index contributed by atoms with van der Waals surface area (Å²) < 4.78 is 4.71. The minimum absolute atomic E-state index is 0.0113. The second-order valence-corrected chi connectivity index (χ2v) is 6.95. The lowest BCUT2D eigenvalue weighted by Gasteiger charge is -2.22. The normalized spacial score (nSPS) is 12.5. The number of quaternary nitrogens is 1. The molecular formula is C23H30N3O4+. The average molecular weight is 413 g/mol. The summed E-state index contributed by atoms with van der Waals surface area (Å²) in [4.78, 5) is 36.9. The molecule has 0 bridgehead atoms. The molecule has 7 nitrogen and oxygen atoms in total. The SMILES string of the molecule is CCOC(=O)NC(=O)C[NH+](CC)CC(=O)N[C@@H](Cc1ccccc1)c1ccccc1. The molecule has 0 fully saturated rings. The maximum atomic E-state index is 12.7. The van der Waals surface area contributed by atoms with Gasteiger partial charge in [0.25, 0.3) is 11.8 Å². The Morgan fingerprint density at radius 2 is 1.50 bits per heavy atom. The van der Waals surface area contributed by atoms with Gasteiger partial charge in [0.15, 0.2) is 13.1 Å². The Morgan fingerprint density at radius 1 is 0.900 bits per heavy atom.